The Balaban J connectivity index is 1.91. The highest BCUT2D eigenvalue weighted by molar-refractivity contribution is 6.30. The zero-order valence-corrected chi connectivity index (χ0v) is 13.5. The number of hydrogen-bond donors (Lipinski definition) is 1. The highest BCUT2D eigenvalue weighted by Gasteiger charge is 2.45. The van der Waals surface area contributed by atoms with Crippen LogP contribution < -0.4 is 5.73 Å². The molecule has 2 heterocycles. The molecule has 2 aliphatic heterocycles. The van der Waals surface area contributed by atoms with Crippen molar-refractivity contribution in [3.8, 4) is 0 Å². The summed E-state index contributed by atoms with van der Waals surface area (Å²) in [6.07, 6.45) is 2.44. The number of nitrogens with two attached hydrogens (primary N) is 1. The van der Waals surface area contributed by atoms with Gasteiger partial charge in [0, 0.05) is 31.3 Å². The summed E-state index contributed by atoms with van der Waals surface area (Å²) in [5, 5.41) is 0.678. The van der Waals surface area contributed by atoms with Gasteiger partial charge in [-0.05, 0) is 49.4 Å². The predicted molar refractivity (Wildman–Crippen MR) is 86.9 cm³/mol. The first kappa shape index (κ1) is 15.8. The van der Waals surface area contributed by atoms with Crippen LogP contribution >= 0.6 is 11.6 Å². The molecule has 1 aromatic carbocycles. The molecule has 0 bridgehead atoms. The van der Waals surface area contributed by atoms with E-state index in [0.717, 1.165) is 37.9 Å². The van der Waals surface area contributed by atoms with Crippen LogP contribution in [0.1, 0.15) is 24.8 Å². The Morgan fingerprint density at radius 2 is 2.18 bits per heavy atom. The van der Waals surface area contributed by atoms with Crippen molar-refractivity contribution < 1.29 is 9.53 Å². The van der Waals surface area contributed by atoms with Crippen molar-refractivity contribution in [2.45, 2.75) is 24.7 Å². The first-order valence-electron chi connectivity index (χ1n) is 7.99. The second-order valence-corrected chi connectivity index (χ2v) is 6.78. The number of likely N-dealkylation sites (tertiary alicyclic amines) is 1. The van der Waals surface area contributed by atoms with E-state index in [1.807, 2.05) is 29.2 Å². The average Bonchev–Trinajstić information content (AvgIpc) is 3.04. The quantitative estimate of drug-likeness (QED) is 0.928. The lowest BCUT2D eigenvalue weighted by Crippen LogP contribution is -2.49. The number of nitrogens with zero attached hydrogens (tertiary/aromatic N) is 1. The summed E-state index contributed by atoms with van der Waals surface area (Å²) in [5.74, 6) is 0.647. The second kappa shape index (κ2) is 6.57. The average molecular weight is 323 g/mol. The van der Waals surface area contributed by atoms with Crippen LogP contribution in [0.4, 0.5) is 0 Å². The molecule has 0 aromatic heterocycles. The Hall–Kier alpha value is -1.10. The summed E-state index contributed by atoms with van der Waals surface area (Å²) < 4.78 is 5.51. The number of rotatable bonds is 3. The molecule has 0 aliphatic carbocycles. The van der Waals surface area contributed by atoms with Gasteiger partial charge >= 0.3 is 0 Å². The van der Waals surface area contributed by atoms with Crippen LogP contribution in [0.2, 0.25) is 5.02 Å². The topological polar surface area (TPSA) is 55.6 Å². The van der Waals surface area contributed by atoms with Crippen molar-refractivity contribution in [3.05, 3.63) is 34.9 Å². The number of amides is 1. The molecule has 2 aliphatic rings. The van der Waals surface area contributed by atoms with Crippen molar-refractivity contribution in [2.24, 2.45) is 11.7 Å². The van der Waals surface area contributed by atoms with Gasteiger partial charge in [0.15, 0.2) is 0 Å². The summed E-state index contributed by atoms with van der Waals surface area (Å²) >= 11 is 6.16. The fourth-order valence-electron chi connectivity index (χ4n) is 3.64. The maximum atomic E-state index is 13.3. The Morgan fingerprint density at radius 3 is 2.82 bits per heavy atom. The van der Waals surface area contributed by atoms with Crippen LogP contribution in [0.25, 0.3) is 0 Å². The molecule has 0 spiro atoms. The number of ether oxygens (including phenoxy) is 1. The van der Waals surface area contributed by atoms with Gasteiger partial charge in [0.25, 0.3) is 0 Å². The summed E-state index contributed by atoms with van der Waals surface area (Å²) in [6, 6.07) is 7.73. The first-order valence-corrected chi connectivity index (χ1v) is 8.37. The fraction of sp³-hybridized carbons (Fsp3) is 0.588. The van der Waals surface area contributed by atoms with E-state index in [1.54, 1.807) is 0 Å². The molecule has 1 amide bonds. The monoisotopic (exact) mass is 322 g/mol. The number of halogens is 1. The zero-order chi connectivity index (χ0) is 15.6. The largest absolute Gasteiger partial charge is 0.381 e. The molecule has 2 saturated heterocycles. The van der Waals surface area contributed by atoms with Crippen molar-refractivity contribution in [1.82, 2.24) is 4.90 Å². The normalized spacial score (nSPS) is 24.5. The van der Waals surface area contributed by atoms with Crippen molar-refractivity contribution >= 4 is 17.5 Å². The molecule has 2 N–H and O–H groups in total. The number of benzene rings is 1. The van der Waals surface area contributed by atoms with E-state index in [4.69, 9.17) is 22.1 Å². The standard InChI is InChI=1S/C17H23ClN2O2/c18-15-3-1-2-14(10-15)17(5-8-22-9-6-17)16(21)20-7-4-13(11-19)12-20/h1-3,10,13H,4-9,11-12,19H2. The van der Waals surface area contributed by atoms with Gasteiger partial charge in [0.05, 0.1) is 5.41 Å². The minimum Gasteiger partial charge on any atom is -0.381 e. The summed E-state index contributed by atoms with van der Waals surface area (Å²) in [4.78, 5) is 15.3. The second-order valence-electron chi connectivity index (χ2n) is 6.35. The molecule has 2 fully saturated rings. The molecule has 3 rings (SSSR count). The minimum atomic E-state index is -0.493. The maximum absolute atomic E-state index is 13.3. The molecular weight excluding hydrogens is 300 g/mol. The van der Waals surface area contributed by atoms with E-state index in [2.05, 4.69) is 0 Å². The first-order chi connectivity index (χ1) is 10.7. The van der Waals surface area contributed by atoms with Crippen molar-refractivity contribution in [1.29, 1.82) is 0 Å². The number of carbonyl (C=O) groups is 1. The van der Waals surface area contributed by atoms with Gasteiger partial charge in [-0.25, -0.2) is 0 Å². The number of hydrogen-bond acceptors (Lipinski definition) is 3. The lowest BCUT2D eigenvalue weighted by atomic mass is 9.73. The van der Waals surface area contributed by atoms with Crippen LogP contribution in [0, 0.1) is 5.92 Å². The van der Waals surface area contributed by atoms with E-state index >= 15 is 0 Å². The zero-order valence-electron chi connectivity index (χ0n) is 12.8. The Kier molecular flexibility index (Phi) is 4.71. The van der Waals surface area contributed by atoms with Gasteiger partial charge in [0.2, 0.25) is 5.91 Å². The van der Waals surface area contributed by atoms with Gasteiger partial charge in [-0.1, -0.05) is 23.7 Å². The van der Waals surface area contributed by atoms with E-state index in [9.17, 15) is 4.79 Å². The molecule has 1 aromatic rings. The molecule has 0 saturated carbocycles. The Bertz CT molecular complexity index is 543. The lowest BCUT2D eigenvalue weighted by molar-refractivity contribution is -0.140. The molecule has 1 unspecified atom stereocenters. The molecule has 120 valence electrons. The fourth-order valence-corrected chi connectivity index (χ4v) is 3.83. The van der Waals surface area contributed by atoms with Gasteiger partial charge in [-0.3, -0.25) is 4.79 Å². The SMILES string of the molecule is NCC1CCN(C(=O)C2(c3cccc(Cl)c3)CCOCC2)C1. The third kappa shape index (κ3) is 2.87. The van der Waals surface area contributed by atoms with E-state index < -0.39 is 5.41 Å². The van der Waals surface area contributed by atoms with Crippen molar-refractivity contribution in [2.75, 3.05) is 32.8 Å². The molecule has 4 nitrogen and oxygen atoms in total. The predicted octanol–water partition coefficient (Wildman–Crippen LogP) is 2.20. The van der Waals surface area contributed by atoms with Gasteiger partial charge < -0.3 is 15.4 Å². The van der Waals surface area contributed by atoms with E-state index in [1.165, 1.54) is 0 Å². The molecular formula is C17H23ClN2O2. The molecule has 22 heavy (non-hydrogen) atoms. The Morgan fingerprint density at radius 1 is 1.41 bits per heavy atom. The summed E-state index contributed by atoms with van der Waals surface area (Å²) in [5.41, 5.74) is 6.29. The van der Waals surface area contributed by atoms with Crippen LogP contribution in [-0.2, 0) is 14.9 Å². The van der Waals surface area contributed by atoms with Gasteiger partial charge in [0.1, 0.15) is 0 Å². The minimum absolute atomic E-state index is 0.217. The third-order valence-electron chi connectivity index (χ3n) is 5.04. The smallest absolute Gasteiger partial charge is 0.233 e. The third-order valence-corrected chi connectivity index (χ3v) is 5.27. The van der Waals surface area contributed by atoms with Crippen LogP contribution in [-0.4, -0.2) is 43.7 Å². The highest BCUT2D eigenvalue weighted by Crippen LogP contribution is 2.38. The van der Waals surface area contributed by atoms with E-state index in [-0.39, 0.29) is 5.91 Å². The summed E-state index contributed by atoms with van der Waals surface area (Å²) in [6.45, 7) is 3.47. The summed E-state index contributed by atoms with van der Waals surface area (Å²) in [7, 11) is 0. The lowest BCUT2D eigenvalue weighted by Gasteiger charge is -2.39. The molecule has 1 atom stereocenters. The van der Waals surface area contributed by atoms with Gasteiger partial charge in [-0.2, -0.15) is 0 Å². The van der Waals surface area contributed by atoms with E-state index in [0.29, 0.717) is 30.7 Å². The maximum Gasteiger partial charge on any atom is 0.233 e. The van der Waals surface area contributed by atoms with Crippen molar-refractivity contribution in [3.63, 3.8) is 0 Å². The number of carbonyl (C=O) groups excluding carboxylic acids is 1. The Labute approximate surface area is 136 Å². The van der Waals surface area contributed by atoms with Crippen LogP contribution in [0.15, 0.2) is 24.3 Å². The molecule has 5 heteroatoms. The van der Waals surface area contributed by atoms with Crippen LogP contribution in [0.3, 0.4) is 0 Å². The van der Waals surface area contributed by atoms with Crippen LogP contribution in [0.5, 0.6) is 0 Å². The highest BCUT2D eigenvalue weighted by atomic mass is 35.5. The molecule has 0 radical (unpaired) electrons. The van der Waals surface area contributed by atoms with Gasteiger partial charge in [-0.15, -0.1) is 0 Å².